The van der Waals surface area contributed by atoms with E-state index in [0.717, 1.165) is 10.4 Å². The van der Waals surface area contributed by atoms with Crippen molar-refractivity contribution >= 4 is 50.6 Å². The predicted molar refractivity (Wildman–Crippen MR) is 161 cm³/mol. The lowest BCUT2D eigenvalue weighted by Gasteiger charge is -2.36. The number of likely N-dealkylation sites (N-methyl/N-ethyl adjacent to an activating group) is 1. The minimum Gasteiger partial charge on any atom is -0.343 e. The minimum absolute atomic E-state index is 0.164. The van der Waals surface area contributed by atoms with E-state index in [4.69, 9.17) is 11.6 Å². The molecule has 3 aromatic carbocycles. The molecule has 3 atom stereocenters. The van der Waals surface area contributed by atoms with Crippen molar-refractivity contribution in [3.8, 4) is 10.6 Å². The minimum atomic E-state index is -4.24. The van der Waals surface area contributed by atoms with Gasteiger partial charge in [-0.15, -0.1) is 11.3 Å². The summed E-state index contributed by atoms with van der Waals surface area (Å²) in [6, 6.07) is 15.5. The molecule has 1 aliphatic rings. The Morgan fingerprint density at radius 3 is 2.44 bits per heavy atom. The molecule has 0 spiro atoms. The molecule has 43 heavy (non-hydrogen) atoms. The Morgan fingerprint density at radius 1 is 1.05 bits per heavy atom. The van der Waals surface area contributed by atoms with Gasteiger partial charge in [0.15, 0.2) is 0 Å². The average molecular weight is 646 g/mol. The zero-order chi connectivity index (χ0) is 30.9. The molecule has 3 unspecified atom stereocenters. The van der Waals surface area contributed by atoms with E-state index in [-0.39, 0.29) is 17.1 Å². The SMILES string of the molecule is Cc1nc(-c2ccccc2F)sc1C(NC(=O)C1CC(C(=O)Nc2ccc(F)c(Cl)c2)N(C)S(=O)(=O)N1)c1ccccc1. The van der Waals surface area contributed by atoms with E-state index in [1.54, 1.807) is 49.4 Å². The standard InChI is InChI=1S/C29H26ClF2N5O4S2/c1-16-26(42-29(33-16)19-10-6-7-11-21(19)31)25(17-8-4-3-5-9-17)35-27(38)23-15-24(37(2)43(40,41)36-23)28(39)34-18-12-13-22(32)20(30)14-18/h3-14,23-25,36H,15H2,1-2H3,(H,34,39)(H,35,38). The number of carbonyl (C=O) groups excluding carboxylic acids is 2. The molecule has 2 heterocycles. The summed E-state index contributed by atoms with van der Waals surface area (Å²) in [5.41, 5.74) is 1.74. The highest BCUT2D eigenvalue weighted by Gasteiger charge is 2.43. The summed E-state index contributed by atoms with van der Waals surface area (Å²) >= 11 is 7.02. The maximum absolute atomic E-state index is 14.5. The molecule has 0 aliphatic carbocycles. The van der Waals surface area contributed by atoms with Crippen LogP contribution < -0.4 is 15.4 Å². The maximum Gasteiger partial charge on any atom is 0.280 e. The Morgan fingerprint density at radius 2 is 1.74 bits per heavy atom. The van der Waals surface area contributed by atoms with Crippen molar-refractivity contribution in [2.45, 2.75) is 31.5 Å². The van der Waals surface area contributed by atoms with E-state index in [2.05, 4.69) is 20.3 Å². The van der Waals surface area contributed by atoms with E-state index in [9.17, 15) is 26.8 Å². The first kappa shape index (κ1) is 30.7. The Hall–Kier alpha value is -3.75. The number of aromatic nitrogens is 1. The maximum atomic E-state index is 14.5. The third kappa shape index (κ3) is 6.60. The summed E-state index contributed by atoms with van der Waals surface area (Å²) in [6.07, 6.45) is -0.202. The fraction of sp³-hybridized carbons (Fsp3) is 0.207. The molecule has 4 aromatic rings. The average Bonchev–Trinajstić information content (AvgIpc) is 3.36. The predicted octanol–water partition coefficient (Wildman–Crippen LogP) is 4.80. The Labute approximate surface area is 256 Å². The lowest BCUT2D eigenvalue weighted by molar-refractivity contribution is -0.125. The first-order valence-electron chi connectivity index (χ1n) is 13.0. The third-order valence-corrected chi connectivity index (χ3v) is 10.1. The van der Waals surface area contributed by atoms with Gasteiger partial charge in [-0.05, 0) is 49.2 Å². The largest absolute Gasteiger partial charge is 0.343 e. The number of carbonyl (C=O) groups is 2. The quantitative estimate of drug-likeness (QED) is 0.267. The van der Waals surface area contributed by atoms with E-state index in [1.807, 2.05) is 6.07 Å². The number of hydrogen-bond donors (Lipinski definition) is 3. The van der Waals surface area contributed by atoms with Gasteiger partial charge in [-0.25, -0.2) is 13.8 Å². The number of benzene rings is 3. The number of nitrogens with one attached hydrogen (secondary N) is 3. The number of nitrogens with zero attached hydrogens (tertiary/aromatic N) is 2. The summed E-state index contributed by atoms with van der Waals surface area (Å²) in [4.78, 5) is 32.0. The van der Waals surface area contributed by atoms with Crippen molar-refractivity contribution in [1.82, 2.24) is 19.3 Å². The molecule has 0 radical (unpaired) electrons. The molecule has 224 valence electrons. The molecule has 0 saturated carbocycles. The van der Waals surface area contributed by atoms with Crippen LogP contribution in [0.5, 0.6) is 0 Å². The van der Waals surface area contributed by atoms with Crippen LogP contribution in [-0.4, -0.2) is 48.7 Å². The molecule has 14 heteroatoms. The van der Waals surface area contributed by atoms with Gasteiger partial charge in [0.05, 0.1) is 21.6 Å². The summed E-state index contributed by atoms with van der Waals surface area (Å²) < 4.78 is 57.2. The molecule has 1 aliphatic heterocycles. The highest BCUT2D eigenvalue weighted by molar-refractivity contribution is 7.87. The smallest absolute Gasteiger partial charge is 0.280 e. The summed E-state index contributed by atoms with van der Waals surface area (Å²) in [7, 11) is -3.02. The van der Waals surface area contributed by atoms with Gasteiger partial charge in [0, 0.05) is 18.3 Å². The zero-order valence-corrected chi connectivity index (χ0v) is 25.2. The van der Waals surface area contributed by atoms with Crippen LogP contribution in [-0.2, 0) is 19.8 Å². The van der Waals surface area contributed by atoms with Gasteiger partial charge < -0.3 is 10.6 Å². The fourth-order valence-corrected chi connectivity index (χ4v) is 7.30. The number of anilines is 1. The van der Waals surface area contributed by atoms with Crippen molar-refractivity contribution in [3.63, 3.8) is 0 Å². The lowest BCUT2D eigenvalue weighted by atomic mass is 10.0. The molecule has 1 aromatic heterocycles. The first-order valence-corrected chi connectivity index (χ1v) is 15.7. The molecule has 9 nitrogen and oxygen atoms in total. The second-order valence-electron chi connectivity index (χ2n) is 9.86. The highest BCUT2D eigenvalue weighted by atomic mass is 35.5. The van der Waals surface area contributed by atoms with Crippen molar-refractivity contribution in [2.24, 2.45) is 0 Å². The molecule has 1 saturated heterocycles. The molecular formula is C29H26ClF2N5O4S2. The van der Waals surface area contributed by atoms with Crippen LogP contribution in [0.1, 0.15) is 28.6 Å². The van der Waals surface area contributed by atoms with Gasteiger partial charge in [-0.2, -0.15) is 17.4 Å². The van der Waals surface area contributed by atoms with Crippen molar-refractivity contribution < 1.29 is 26.8 Å². The van der Waals surface area contributed by atoms with E-state index in [1.165, 1.54) is 36.6 Å². The molecule has 1 fully saturated rings. The van der Waals surface area contributed by atoms with Gasteiger partial charge in [0.2, 0.25) is 11.8 Å². The molecule has 3 N–H and O–H groups in total. The van der Waals surface area contributed by atoms with Crippen LogP contribution in [0.25, 0.3) is 10.6 Å². The molecular weight excluding hydrogens is 620 g/mol. The monoisotopic (exact) mass is 645 g/mol. The van der Waals surface area contributed by atoms with Crippen molar-refractivity contribution in [3.05, 3.63) is 106 Å². The van der Waals surface area contributed by atoms with Crippen LogP contribution >= 0.6 is 22.9 Å². The third-order valence-electron chi connectivity index (χ3n) is 6.99. The summed E-state index contributed by atoms with van der Waals surface area (Å²) in [5.74, 6) is -2.51. The fourth-order valence-electron chi connectivity index (χ4n) is 4.70. The number of thiazole rings is 1. The van der Waals surface area contributed by atoms with Crippen molar-refractivity contribution in [1.29, 1.82) is 0 Å². The van der Waals surface area contributed by atoms with Crippen LogP contribution in [0.15, 0.2) is 72.8 Å². The van der Waals surface area contributed by atoms with Gasteiger partial charge in [0.25, 0.3) is 10.2 Å². The number of rotatable bonds is 7. The lowest BCUT2D eigenvalue weighted by Crippen LogP contribution is -2.62. The topological polar surface area (TPSA) is 120 Å². The van der Waals surface area contributed by atoms with E-state index >= 15 is 0 Å². The van der Waals surface area contributed by atoms with Gasteiger partial charge in [-0.1, -0.05) is 54.1 Å². The normalized spacial score (nSPS) is 19.0. The Kier molecular flexibility index (Phi) is 8.90. The summed E-state index contributed by atoms with van der Waals surface area (Å²) in [5, 5.41) is 5.67. The zero-order valence-electron chi connectivity index (χ0n) is 22.8. The number of halogens is 3. The Balaban J connectivity index is 1.42. The van der Waals surface area contributed by atoms with Crippen LogP contribution in [0.2, 0.25) is 5.02 Å². The van der Waals surface area contributed by atoms with E-state index < -0.39 is 51.8 Å². The Bertz CT molecular complexity index is 1790. The second kappa shape index (κ2) is 12.5. The number of aryl methyl sites for hydroxylation is 1. The highest BCUT2D eigenvalue weighted by Crippen LogP contribution is 2.36. The molecule has 0 bridgehead atoms. The molecule has 5 rings (SSSR count). The van der Waals surface area contributed by atoms with E-state index in [0.29, 0.717) is 26.7 Å². The molecule has 2 amide bonds. The number of amides is 2. The second-order valence-corrected chi connectivity index (χ2v) is 13.1. The summed E-state index contributed by atoms with van der Waals surface area (Å²) in [6.45, 7) is 1.75. The van der Waals surface area contributed by atoms with Crippen LogP contribution in [0.4, 0.5) is 14.5 Å². The van der Waals surface area contributed by atoms with Crippen LogP contribution in [0, 0.1) is 18.6 Å². The number of hydrogen-bond acceptors (Lipinski definition) is 6. The first-order chi connectivity index (χ1) is 20.4. The van der Waals surface area contributed by atoms with Crippen LogP contribution in [0.3, 0.4) is 0 Å². The van der Waals surface area contributed by atoms with Crippen molar-refractivity contribution in [2.75, 3.05) is 12.4 Å². The van der Waals surface area contributed by atoms with Gasteiger partial charge in [0.1, 0.15) is 28.7 Å². The van der Waals surface area contributed by atoms with Gasteiger partial charge in [-0.3, -0.25) is 9.59 Å². The van der Waals surface area contributed by atoms with Gasteiger partial charge >= 0.3 is 0 Å².